The summed E-state index contributed by atoms with van der Waals surface area (Å²) >= 11 is 0. The minimum absolute atomic E-state index is 0.0269. The second kappa shape index (κ2) is 9.30. The summed E-state index contributed by atoms with van der Waals surface area (Å²) in [6.07, 6.45) is 13.2. The molecule has 10 atom stereocenters. The van der Waals surface area contributed by atoms with E-state index < -0.39 is 0 Å². The van der Waals surface area contributed by atoms with E-state index in [4.69, 9.17) is 4.52 Å². The molecule has 0 bridgehead atoms. The zero-order chi connectivity index (χ0) is 28.9. The quantitative estimate of drug-likeness (QED) is 0.272. The molecule has 0 saturated heterocycles. The van der Waals surface area contributed by atoms with Crippen molar-refractivity contribution >= 4 is 21.0 Å². The van der Waals surface area contributed by atoms with Crippen LogP contribution in [0.1, 0.15) is 110 Å². The van der Waals surface area contributed by atoms with Crippen LogP contribution in [0.2, 0.25) is 0 Å². The summed E-state index contributed by atoms with van der Waals surface area (Å²) in [5.74, 6) is 2.79. The summed E-state index contributed by atoms with van der Waals surface area (Å²) < 4.78 is 5.47. The van der Waals surface area contributed by atoms with Gasteiger partial charge in [0.25, 0.3) is 0 Å². The molecule has 0 spiro atoms. The Morgan fingerprint density at radius 2 is 1.60 bits per heavy atom. The van der Waals surface area contributed by atoms with Crippen molar-refractivity contribution in [3.63, 3.8) is 0 Å². The molecule has 218 valence electrons. The van der Waals surface area contributed by atoms with E-state index >= 15 is 0 Å². The number of aryl methyl sites for hydroxylation is 1. The lowest BCUT2D eigenvalue weighted by Gasteiger charge is -2.72. The third-order valence-electron chi connectivity index (χ3n) is 14.5. The first-order chi connectivity index (χ1) is 18.8. The van der Waals surface area contributed by atoms with Gasteiger partial charge in [-0.25, -0.2) is 0 Å². The van der Waals surface area contributed by atoms with Gasteiger partial charge in [-0.3, -0.25) is 4.79 Å². The fourth-order valence-corrected chi connectivity index (χ4v) is 12.7. The molecule has 5 aliphatic carbocycles. The lowest BCUT2D eigenvalue weighted by molar-refractivity contribution is -0.227. The van der Waals surface area contributed by atoms with E-state index in [1.54, 1.807) is 5.57 Å². The summed E-state index contributed by atoms with van der Waals surface area (Å²) in [5, 5.41) is 0. The summed E-state index contributed by atoms with van der Waals surface area (Å²) in [5.41, 5.74) is 6.24. The van der Waals surface area contributed by atoms with Crippen LogP contribution >= 0.6 is 9.47 Å². The lowest BCUT2D eigenvalue weighted by Crippen LogP contribution is -2.65. The van der Waals surface area contributed by atoms with Crippen LogP contribution < -0.4 is 0 Å². The van der Waals surface area contributed by atoms with Gasteiger partial charge in [-0.2, -0.15) is 0 Å². The monoisotopic (exact) mass is 560 g/mol. The molecular formula is C37H53O2P. The van der Waals surface area contributed by atoms with Gasteiger partial charge >= 0.3 is 5.97 Å². The maximum Gasteiger partial charge on any atom is 0.314 e. The molecule has 3 heteroatoms. The largest absolute Gasteiger partial charge is 0.451 e. The predicted molar refractivity (Wildman–Crippen MR) is 169 cm³/mol. The van der Waals surface area contributed by atoms with Crippen molar-refractivity contribution in [3.8, 4) is 0 Å². The summed E-state index contributed by atoms with van der Waals surface area (Å²) in [4.78, 5) is 13.5. The van der Waals surface area contributed by atoms with E-state index in [0.29, 0.717) is 35.0 Å². The standard InChI is InChI=1S/C37H53O2P/c1-23(2)26-15-20-37(32(38)39-40)22-21-35(7)28(31(26)37)13-14-30-34(6)18-16-27(25-11-9-24(3)10-12-25)33(4,5)29(34)17-19-36(30,35)8/h9-12,16,26,28-31H,1,13-15,17-22,40H2,2-8H3/t26-,28+,29-,30+,31+,34-,35+,36+,37-/m0/s1. The molecule has 0 N–H and O–H groups in total. The molecule has 4 saturated carbocycles. The zero-order valence-electron chi connectivity index (χ0n) is 26.2. The Bertz CT molecular complexity index is 1240. The number of rotatable bonds is 3. The van der Waals surface area contributed by atoms with Crippen LogP contribution in [0.25, 0.3) is 5.57 Å². The van der Waals surface area contributed by atoms with Gasteiger partial charge in [-0.1, -0.05) is 82.7 Å². The molecular weight excluding hydrogens is 507 g/mol. The van der Waals surface area contributed by atoms with E-state index in [2.05, 4.69) is 94.9 Å². The first kappa shape index (κ1) is 28.7. The van der Waals surface area contributed by atoms with Crippen LogP contribution in [0.5, 0.6) is 0 Å². The topological polar surface area (TPSA) is 26.3 Å². The van der Waals surface area contributed by atoms with Crippen LogP contribution in [-0.4, -0.2) is 5.97 Å². The Hall–Kier alpha value is -1.40. The molecule has 1 unspecified atom stereocenters. The van der Waals surface area contributed by atoms with Crippen LogP contribution in [-0.2, 0) is 9.32 Å². The highest BCUT2D eigenvalue weighted by atomic mass is 31.0. The molecule has 0 amide bonds. The highest BCUT2D eigenvalue weighted by Gasteiger charge is 2.71. The number of fused-ring (bicyclic) bond motifs is 7. The molecule has 4 fully saturated rings. The number of hydrogen-bond acceptors (Lipinski definition) is 2. The summed E-state index contributed by atoms with van der Waals surface area (Å²) in [6, 6.07) is 9.24. The number of carbonyl (C=O) groups excluding carboxylic acids is 1. The van der Waals surface area contributed by atoms with Gasteiger partial charge < -0.3 is 4.52 Å². The molecule has 0 heterocycles. The molecule has 6 rings (SSSR count). The van der Waals surface area contributed by atoms with Gasteiger partial charge in [0.15, 0.2) is 0 Å². The predicted octanol–water partition coefficient (Wildman–Crippen LogP) is 9.98. The van der Waals surface area contributed by atoms with Crippen LogP contribution in [0.4, 0.5) is 0 Å². The van der Waals surface area contributed by atoms with Gasteiger partial charge in [-0.15, -0.1) is 0 Å². The van der Waals surface area contributed by atoms with Crippen molar-refractivity contribution in [2.24, 2.45) is 56.7 Å². The fraction of sp³-hybridized carbons (Fsp3) is 0.703. The highest BCUT2D eigenvalue weighted by Crippen LogP contribution is 2.77. The third-order valence-corrected chi connectivity index (χ3v) is 14.7. The normalized spacial score (nSPS) is 45.3. The third kappa shape index (κ3) is 3.59. The summed E-state index contributed by atoms with van der Waals surface area (Å²) in [7, 11) is 2.28. The molecule has 0 radical (unpaired) electrons. The number of carbonyl (C=O) groups is 1. The fourth-order valence-electron chi connectivity index (χ4n) is 12.4. The molecule has 1 aromatic rings. The maximum atomic E-state index is 13.5. The van der Waals surface area contributed by atoms with Crippen LogP contribution in [0.15, 0.2) is 42.5 Å². The molecule has 40 heavy (non-hydrogen) atoms. The van der Waals surface area contributed by atoms with E-state index in [9.17, 15) is 4.79 Å². The smallest absolute Gasteiger partial charge is 0.314 e. The lowest BCUT2D eigenvalue weighted by atomic mass is 9.32. The van der Waals surface area contributed by atoms with Gasteiger partial charge in [-0.05, 0) is 134 Å². The van der Waals surface area contributed by atoms with E-state index in [-0.39, 0.29) is 27.6 Å². The second-order valence-corrected chi connectivity index (χ2v) is 16.4. The maximum absolute atomic E-state index is 13.5. The summed E-state index contributed by atoms with van der Waals surface area (Å²) in [6.45, 7) is 21.9. The zero-order valence-corrected chi connectivity index (χ0v) is 27.4. The van der Waals surface area contributed by atoms with E-state index in [0.717, 1.165) is 25.7 Å². The Balaban J connectivity index is 1.39. The average Bonchev–Trinajstić information content (AvgIpc) is 3.30. The van der Waals surface area contributed by atoms with Crippen molar-refractivity contribution in [3.05, 3.63) is 53.6 Å². The molecule has 0 aromatic heterocycles. The first-order valence-electron chi connectivity index (χ1n) is 16.1. The first-order valence-corrected chi connectivity index (χ1v) is 16.6. The van der Waals surface area contributed by atoms with Crippen LogP contribution in [0, 0.1) is 63.6 Å². The van der Waals surface area contributed by atoms with Crippen molar-refractivity contribution in [2.45, 2.75) is 106 Å². The Kier molecular flexibility index (Phi) is 6.67. The van der Waals surface area contributed by atoms with Gasteiger partial charge in [0.1, 0.15) is 0 Å². The van der Waals surface area contributed by atoms with Crippen LogP contribution in [0.3, 0.4) is 0 Å². The molecule has 0 aliphatic heterocycles. The van der Waals surface area contributed by atoms with Crippen molar-refractivity contribution in [2.75, 3.05) is 0 Å². The SMILES string of the molecule is C=C(C)[C@@H]1CC[C@]2(C(=O)OP)CC[C@]3(C)[C@H](CC[C@@H]4[C@@]5(C)CC=C(c6ccc(C)cc6)C(C)(C)[C@@H]5CC[C@]43C)[C@@H]12. The molecule has 5 aliphatic rings. The molecule has 1 aromatic carbocycles. The highest BCUT2D eigenvalue weighted by molar-refractivity contribution is 7.10. The average molecular weight is 561 g/mol. The van der Waals surface area contributed by atoms with Crippen molar-refractivity contribution in [1.29, 1.82) is 0 Å². The Labute approximate surface area is 246 Å². The minimum Gasteiger partial charge on any atom is -0.451 e. The van der Waals surface area contributed by atoms with E-state index in [1.807, 2.05) is 0 Å². The number of allylic oxidation sites excluding steroid dienone is 3. The van der Waals surface area contributed by atoms with Gasteiger partial charge in [0.2, 0.25) is 0 Å². The van der Waals surface area contributed by atoms with Crippen molar-refractivity contribution < 1.29 is 9.32 Å². The van der Waals surface area contributed by atoms with Crippen molar-refractivity contribution in [1.82, 2.24) is 0 Å². The number of hydrogen-bond donors (Lipinski definition) is 0. The van der Waals surface area contributed by atoms with Gasteiger partial charge in [0.05, 0.1) is 14.9 Å². The Morgan fingerprint density at radius 1 is 0.900 bits per heavy atom. The van der Waals surface area contributed by atoms with E-state index in [1.165, 1.54) is 48.8 Å². The molecule has 2 nitrogen and oxygen atoms in total. The van der Waals surface area contributed by atoms with Gasteiger partial charge in [0, 0.05) is 0 Å². The second-order valence-electron chi connectivity index (χ2n) is 16.2. The minimum atomic E-state index is -0.321. The number of benzene rings is 1. The Morgan fingerprint density at radius 3 is 2.25 bits per heavy atom.